The monoisotopic (exact) mass is 235 g/mol. The molecule has 0 fully saturated rings. The van der Waals surface area contributed by atoms with Gasteiger partial charge in [-0.1, -0.05) is 23.7 Å². The van der Waals surface area contributed by atoms with E-state index in [4.69, 9.17) is 17.4 Å². The van der Waals surface area contributed by atoms with E-state index in [2.05, 4.69) is 5.43 Å². The van der Waals surface area contributed by atoms with Crippen LogP contribution in [-0.2, 0) is 0 Å². The molecule has 1 aromatic heterocycles. The first-order chi connectivity index (χ1) is 7.74. The average molecular weight is 236 g/mol. The Kier molecular flexibility index (Phi) is 2.94. The number of rotatable bonds is 2. The van der Waals surface area contributed by atoms with Crippen molar-refractivity contribution >= 4 is 17.5 Å². The number of aromatic nitrogens is 1. The summed E-state index contributed by atoms with van der Waals surface area (Å²) in [4.78, 5) is 11.5. The molecule has 0 saturated heterocycles. The van der Waals surface area contributed by atoms with Crippen LogP contribution in [0.5, 0.6) is 0 Å². The number of para-hydroxylation sites is 1. The number of hydrazine groups is 1. The van der Waals surface area contributed by atoms with Gasteiger partial charge in [-0.3, -0.25) is 10.2 Å². The second kappa shape index (κ2) is 4.38. The van der Waals surface area contributed by atoms with Crippen molar-refractivity contribution in [3.63, 3.8) is 0 Å². The number of hydrogen-bond donors (Lipinski definition) is 2. The van der Waals surface area contributed by atoms with Gasteiger partial charge < -0.3 is 4.57 Å². The summed E-state index contributed by atoms with van der Waals surface area (Å²) in [5.41, 5.74) is 3.28. The highest BCUT2D eigenvalue weighted by Crippen LogP contribution is 2.21. The van der Waals surface area contributed by atoms with Gasteiger partial charge >= 0.3 is 0 Å². The van der Waals surface area contributed by atoms with Crippen molar-refractivity contribution < 1.29 is 4.79 Å². The molecule has 1 heterocycles. The normalized spacial score (nSPS) is 10.1. The topological polar surface area (TPSA) is 60.0 Å². The zero-order chi connectivity index (χ0) is 11.5. The highest BCUT2D eigenvalue weighted by atomic mass is 35.5. The first kappa shape index (κ1) is 10.7. The van der Waals surface area contributed by atoms with Crippen molar-refractivity contribution in [2.45, 2.75) is 0 Å². The third-order valence-corrected chi connectivity index (χ3v) is 2.54. The van der Waals surface area contributed by atoms with E-state index in [9.17, 15) is 4.79 Å². The summed E-state index contributed by atoms with van der Waals surface area (Å²) >= 11 is 6.05. The molecule has 0 saturated carbocycles. The Morgan fingerprint density at radius 1 is 1.25 bits per heavy atom. The Labute approximate surface area is 97.6 Å². The molecule has 0 aliphatic heterocycles. The summed E-state index contributed by atoms with van der Waals surface area (Å²) < 4.78 is 1.69. The third-order valence-electron chi connectivity index (χ3n) is 2.22. The molecule has 0 aliphatic rings. The summed E-state index contributed by atoms with van der Waals surface area (Å²) in [7, 11) is 0. The number of amides is 1. The lowest BCUT2D eigenvalue weighted by Crippen LogP contribution is -2.31. The van der Waals surface area contributed by atoms with Gasteiger partial charge in [0.25, 0.3) is 5.91 Å². The van der Waals surface area contributed by atoms with Crippen molar-refractivity contribution in [2.24, 2.45) is 5.84 Å². The summed E-state index contributed by atoms with van der Waals surface area (Å²) in [6, 6.07) is 10.7. The van der Waals surface area contributed by atoms with Gasteiger partial charge in [0.15, 0.2) is 0 Å². The van der Waals surface area contributed by atoms with E-state index in [-0.39, 0.29) is 5.91 Å². The van der Waals surface area contributed by atoms with Crippen LogP contribution in [-0.4, -0.2) is 10.5 Å². The van der Waals surface area contributed by atoms with Crippen LogP contribution in [0.25, 0.3) is 5.69 Å². The van der Waals surface area contributed by atoms with Gasteiger partial charge in [-0.05, 0) is 24.3 Å². The van der Waals surface area contributed by atoms with Crippen LogP contribution in [0.2, 0.25) is 5.02 Å². The third kappa shape index (κ3) is 1.80. The molecule has 16 heavy (non-hydrogen) atoms. The molecule has 82 valence electrons. The molecule has 1 aromatic carbocycles. The van der Waals surface area contributed by atoms with Crippen LogP contribution in [0.1, 0.15) is 10.5 Å². The van der Waals surface area contributed by atoms with Crippen LogP contribution in [0, 0.1) is 0 Å². The average Bonchev–Trinajstić information content (AvgIpc) is 2.77. The summed E-state index contributed by atoms with van der Waals surface area (Å²) in [6.45, 7) is 0. The fraction of sp³-hybridized carbons (Fsp3) is 0. The number of halogens is 1. The number of hydrogen-bond acceptors (Lipinski definition) is 2. The number of carbonyl (C=O) groups is 1. The first-order valence-corrected chi connectivity index (χ1v) is 5.05. The second-order valence-corrected chi connectivity index (χ2v) is 3.60. The van der Waals surface area contributed by atoms with E-state index < -0.39 is 0 Å². The lowest BCUT2D eigenvalue weighted by Gasteiger charge is -2.09. The standard InChI is InChI=1S/C11H10ClN3O/c12-8-4-1-2-5-9(8)15-7-3-6-10(15)11(16)14-13/h1-7H,13H2,(H,14,16). The van der Waals surface area contributed by atoms with E-state index in [0.717, 1.165) is 5.69 Å². The van der Waals surface area contributed by atoms with E-state index in [1.165, 1.54) is 0 Å². The number of nitrogens with one attached hydrogen (secondary N) is 1. The quantitative estimate of drug-likeness (QED) is 0.473. The fourth-order valence-electron chi connectivity index (χ4n) is 1.50. The molecule has 0 spiro atoms. The number of nitrogen functional groups attached to an aromatic ring is 1. The summed E-state index contributed by atoms with van der Waals surface area (Å²) in [5, 5.41) is 0.574. The minimum atomic E-state index is -0.357. The van der Waals surface area contributed by atoms with Gasteiger partial charge in [-0.2, -0.15) is 0 Å². The Morgan fingerprint density at radius 2 is 2.00 bits per heavy atom. The maximum atomic E-state index is 11.5. The molecule has 1 amide bonds. The first-order valence-electron chi connectivity index (χ1n) is 4.67. The maximum Gasteiger partial charge on any atom is 0.282 e. The van der Waals surface area contributed by atoms with E-state index in [0.29, 0.717) is 10.7 Å². The lowest BCUT2D eigenvalue weighted by atomic mass is 10.3. The van der Waals surface area contributed by atoms with E-state index >= 15 is 0 Å². The minimum absolute atomic E-state index is 0.357. The van der Waals surface area contributed by atoms with Crippen molar-refractivity contribution in [3.8, 4) is 5.69 Å². The Balaban J connectivity index is 2.53. The van der Waals surface area contributed by atoms with Gasteiger partial charge in [0.05, 0.1) is 10.7 Å². The fourth-order valence-corrected chi connectivity index (χ4v) is 1.72. The number of nitrogens with two attached hydrogens (primary N) is 1. The SMILES string of the molecule is NNC(=O)c1cccn1-c1ccccc1Cl. The van der Waals surface area contributed by atoms with Gasteiger partial charge in [-0.25, -0.2) is 5.84 Å². The minimum Gasteiger partial charge on any atom is -0.311 e. The summed E-state index contributed by atoms with van der Waals surface area (Å²) in [5.74, 6) is 4.75. The Hall–Kier alpha value is -1.78. The molecule has 2 rings (SSSR count). The van der Waals surface area contributed by atoms with Crippen LogP contribution in [0.3, 0.4) is 0 Å². The molecule has 0 aliphatic carbocycles. The molecule has 3 N–H and O–H groups in total. The molecule has 0 radical (unpaired) electrons. The molecule has 4 nitrogen and oxygen atoms in total. The molecule has 2 aromatic rings. The van der Waals surface area contributed by atoms with Crippen LogP contribution >= 0.6 is 11.6 Å². The van der Waals surface area contributed by atoms with Crippen molar-refractivity contribution in [1.29, 1.82) is 0 Å². The Bertz CT molecular complexity index is 521. The number of nitrogens with zero attached hydrogens (tertiary/aromatic N) is 1. The van der Waals surface area contributed by atoms with Gasteiger partial charge in [0.2, 0.25) is 0 Å². The predicted molar refractivity (Wildman–Crippen MR) is 62.4 cm³/mol. The zero-order valence-electron chi connectivity index (χ0n) is 8.35. The van der Waals surface area contributed by atoms with Crippen molar-refractivity contribution in [3.05, 3.63) is 53.3 Å². The zero-order valence-corrected chi connectivity index (χ0v) is 9.11. The lowest BCUT2D eigenvalue weighted by molar-refractivity contribution is 0.0947. The predicted octanol–water partition coefficient (Wildman–Crippen LogP) is 1.73. The van der Waals surface area contributed by atoms with E-state index in [1.54, 1.807) is 29.0 Å². The highest BCUT2D eigenvalue weighted by molar-refractivity contribution is 6.32. The number of carbonyl (C=O) groups excluding carboxylic acids is 1. The summed E-state index contributed by atoms with van der Waals surface area (Å²) in [6.07, 6.45) is 1.76. The van der Waals surface area contributed by atoms with Crippen molar-refractivity contribution in [2.75, 3.05) is 0 Å². The van der Waals surface area contributed by atoms with Crippen molar-refractivity contribution in [1.82, 2.24) is 9.99 Å². The molecule has 0 atom stereocenters. The Morgan fingerprint density at radius 3 is 2.69 bits per heavy atom. The molecule has 0 unspecified atom stereocenters. The second-order valence-electron chi connectivity index (χ2n) is 3.19. The highest BCUT2D eigenvalue weighted by Gasteiger charge is 2.11. The van der Waals surface area contributed by atoms with Gasteiger partial charge in [0, 0.05) is 6.20 Å². The molecule has 5 heteroatoms. The smallest absolute Gasteiger partial charge is 0.282 e. The van der Waals surface area contributed by atoms with Gasteiger partial charge in [0.1, 0.15) is 5.69 Å². The van der Waals surface area contributed by atoms with Crippen LogP contribution < -0.4 is 11.3 Å². The van der Waals surface area contributed by atoms with Crippen LogP contribution in [0.4, 0.5) is 0 Å². The molecule has 0 bridgehead atoms. The molecular weight excluding hydrogens is 226 g/mol. The number of benzene rings is 1. The molecular formula is C11H10ClN3O. The van der Waals surface area contributed by atoms with Crippen LogP contribution in [0.15, 0.2) is 42.6 Å². The van der Waals surface area contributed by atoms with E-state index in [1.807, 2.05) is 18.2 Å². The van der Waals surface area contributed by atoms with Gasteiger partial charge in [-0.15, -0.1) is 0 Å². The maximum absolute atomic E-state index is 11.5. The largest absolute Gasteiger partial charge is 0.311 e.